The number of rotatable bonds is 3. The molecule has 6 rings (SSSR count). The third kappa shape index (κ3) is 4.76. The lowest BCUT2D eigenvalue weighted by Crippen LogP contribution is -2.61. The molecule has 8 unspecified atom stereocenters. The highest BCUT2D eigenvalue weighted by Crippen LogP contribution is 2.70. The van der Waals surface area contributed by atoms with Crippen molar-refractivity contribution in [2.75, 3.05) is 7.11 Å². The monoisotopic (exact) mass is 577 g/mol. The van der Waals surface area contributed by atoms with Gasteiger partial charge in [-0.3, -0.25) is 9.59 Å². The molecule has 0 spiro atoms. The number of carbonyl (C=O) groups is 2. The van der Waals surface area contributed by atoms with Gasteiger partial charge in [0.25, 0.3) is 0 Å². The average Bonchev–Trinajstić information content (AvgIpc) is 2.98. The van der Waals surface area contributed by atoms with Crippen LogP contribution in [-0.2, 0) is 20.9 Å². The van der Waals surface area contributed by atoms with Crippen molar-refractivity contribution in [3.05, 3.63) is 47.5 Å². The number of ketones is 1. The summed E-state index contributed by atoms with van der Waals surface area (Å²) in [7, 11) is 1.00. The second-order valence-corrected chi connectivity index (χ2v) is 15.1. The van der Waals surface area contributed by atoms with Gasteiger partial charge in [0.2, 0.25) is 0 Å². The number of esters is 1. The summed E-state index contributed by atoms with van der Waals surface area (Å²) < 4.78 is 5.89. The van der Waals surface area contributed by atoms with Crippen molar-refractivity contribution in [2.24, 2.45) is 56.4 Å². The van der Waals surface area contributed by atoms with Crippen LogP contribution in [0, 0.1) is 51.2 Å². The van der Waals surface area contributed by atoms with Crippen LogP contribution in [0.2, 0.25) is 0 Å². The summed E-state index contributed by atoms with van der Waals surface area (Å²) in [6, 6.07) is 9.91. The number of aliphatic hydroxyl groups is 1. The van der Waals surface area contributed by atoms with E-state index in [1.807, 2.05) is 30.3 Å². The van der Waals surface area contributed by atoms with Crippen LogP contribution in [0.4, 0.5) is 0 Å². The zero-order valence-corrected chi connectivity index (χ0v) is 26.5. The molecule has 9 atom stereocenters. The van der Waals surface area contributed by atoms with Gasteiger partial charge < -0.3 is 15.1 Å². The fourth-order valence-corrected chi connectivity index (χ4v) is 10.6. The largest absolute Gasteiger partial charge is 0.460 e. The maximum Gasteiger partial charge on any atom is 0.312 e. The van der Waals surface area contributed by atoms with Crippen molar-refractivity contribution in [3.8, 4) is 0 Å². The molecule has 0 amide bonds. The van der Waals surface area contributed by atoms with E-state index in [0.717, 1.165) is 76.2 Å². The molecule has 0 aromatic heterocycles. The molecule has 1 aromatic carbocycles. The molecule has 5 aliphatic rings. The molecule has 6 heteroatoms. The molecule has 5 aliphatic carbocycles. The van der Waals surface area contributed by atoms with Gasteiger partial charge in [0.15, 0.2) is 5.78 Å². The normalized spacial score (nSPS) is 43.4. The SMILES string of the molecule is CC1/C(=N/O)CCC2(C)C1CCC1(C)C3CCC4(C)CC[C@](C)(C(=O)OCc5ccccc5)CC4C3=CC(=O)C12.CO. The van der Waals surface area contributed by atoms with E-state index >= 15 is 0 Å². The van der Waals surface area contributed by atoms with Crippen LogP contribution in [0.15, 0.2) is 47.1 Å². The molecule has 1 aromatic rings. The molecular formula is C36H51NO5. The maximum absolute atomic E-state index is 14.3. The molecule has 4 saturated carbocycles. The van der Waals surface area contributed by atoms with E-state index < -0.39 is 5.41 Å². The minimum absolute atomic E-state index is 0.00496. The van der Waals surface area contributed by atoms with Gasteiger partial charge in [0.1, 0.15) is 6.61 Å². The van der Waals surface area contributed by atoms with Gasteiger partial charge >= 0.3 is 5.97 Å². The first-order valence-corrected chi connectivity index (χ1v) is 16.1. The van der Waals surface area contributed by atoms with Gasteiger partial charge in [-0.15, -0.1) is 0 Å². The van der Waals surface area contributed by atoms with Crippen molar-refractivity contribution in [2.45, 2.75) is 99.0 Å². The van der Waals surface area contributed by atoms with Crippen LogP contribution in [0.5, 0.6) is 0 Å². The molecule has 0 heterocycles. The summed E-state index contributed by atoms with van der Waals surface area (Å²) in [5, 5.41) is 20.3. The Morgan fingerprint density at radius 2 is 1.67 bits per heavy atom. The van der Waals surface area contributed by atoms with E-state index in [9.17, 15) is 14.8 Å². The van der Waals surface area contributed by atoms with Gasteiger partial charge in [-0.2, -0.15) is 0 Å². The zero-order chi connectivity index (χ0) is 30.5. The second kappa shape index (κ2) is 11.2. The van der Waals surface area contributed by atoms with Crippen LogP contribution in [0.1, 0.15) is 98.0 Å². The minimum atomic E-state index is -0.537. The number of hydrogen-bond donors (Lipinski definition) is 2. The number of hydrogen-bond acceptors (Lipinski definition) is 6. The van der Waals surface area contributed by atoms with Crippen molar-refractivity contribution >= 4 is 17.5 Å². The fraction of sp³-hybridized carbons (Fsp3) is 0.694. The topological polar surface area (TPSA) is 96.2 Å². The summed E-state index contributed by atoms with van der Waals surface area (Å²) in [4.78, 5) is 27.8. The van der Waals surface area contributed by atoms with Crippen molar-refractivity contribution in [1.82, 2.24) is 0 Å². The third-order valence-corrected chi connectivity index (χ3v) is 13.0. The lowest BCUT2D eigenvalue weighted by Gasteiger charge is -2.65. The predicted molar refractivity (Wildman–Crippen MR) is 164 cm³/mol. The number of aliphatic hydroxyl groups excluding tert-OH is 1. The Morgan fingerprint density at radius 1 is 0.952 bits per heavy atom. The lowest BCUT2D eigenvalue weighted by molar-refractivity contribution is -0.164. The molecule has 2 N–H and O–H groups in total. The Labute approximate surface area is 252 Å². The first-order chi connectivity index (χ1) is 19.9. The number of oxime groups is 1. The summed E-state index contributed by atoms with van der Waals surface area (Å²) in [6.07, 6.45) is 10.7. The van der Waals surface area contributed by atoms with E-state index in [1.54, 1.807) is 0 Å². The van der Waals surface area contributed by atoms with E-state index in [1.165, 1.54) is 5.57 Å². The predicted octanol–water partition coefficient (Wildman–Crippen LogP) is 7.37. The van der Waals surface area contributed by atoms with Crippen LogP contribution >= 0.6 is 0 Å². The summed E-state index contributed by atoms with van der Waals surface area (Å²) in [5.74, 6) is 1.42. The summed E-state index contributed by atoms with van der Waals surface area (Å²) >= 11 is 0. The van der Waals surface area contributed by atoms with Gasteiger partial charge in [0, 0.05) is 18.9 Å². The highest BCUT2D eigenvalue weighted by atomic mass is 16.5. The smallest absolute Gasteiger partial charge is 0.312 e. The van der Waals surface area contributed by atoms with E-state index in [2.05, 4.69) is 45.9 Å². The first-order valence-electron chi connectivity index (χ1n) is 16.1. The van der Waals surface area contributed by atoms with Crippen LogP contribution < -0.4 is 0 Å². The summed E-state index contributed by atoms with van der Waals surface area (Å²) in [5.41, 5.74) is 2.69. The van der Waals surface area contributed by atoms with E-state index in [-0.39, 0.29) is 40.0 Å². The van der Waals surface area contributed by atoms with E-state index in [4.69, 9.17) is 9.84 Å². The standard InChI is InChI=1S/C35H47NO4.CH4O/c1-22-25-12-15-35(5)26-11-14-32(2)17-18-33(3,31(38)40-21-23-9-7-6-8-10-23)20-27(32)24(26)19-29(37)30(35)34(25,4)16-13-28(22)36-39;1-2/h6-10,19,22,25-27,30,39H,11-18,20-21H2,1-5H3;2H,1H3/b36-28+;/t22?,25?,26?,27?,30?,32?,33-,34?,35?;/m0./s1. The Bertz CT molecular complexity index is 1260. The van der Waals surface area contributed by atoms with Crippen molar-refractivity contribution in [1.29, 1.82) is 0 Å². The van der Waals surface area contributed by atoms with Gasteiger partial charge in [-0.25, -0.2) is 0 Å². The molecule has 4 fully saturated rings. The molecule has 6 nitrogen and oxygen atoms in total. The van der Waals surface area contributed by atoms with Crippen molar-refractivity contribution in [3.63, 3.8) is 0 Å². The summed E-state index contributed by atoms with van der Waals surface area (Å²) in [6.45, 7) is 11.8. The van der Waals surface area contributed by atoms with Crippen molar-refractivity contribution < 1.29 is 24.6 Å². The number of benzene rings is 1. The molecule has 0 aliphatic heterocycles. The van der Waals surface area contributed by atoms with Gasteiger partial charge in [-0.1, -0.05) is 68.8 Å². The Kier molecular flexibility index (Phi) is 8.28. The quantitative estimate of drug-likeness (QED) is 0.222. The van der Waals surface area contributed by atoms with Crippen LogP contribution in [0.25, 0.3) is 0 Å². The highest BCUT2D eigenvalue weighted by molar-refractivity contribution is 5.96. The molecular weight excluding hydrogens is 526 g/mol. The zero-order valence-electron chi connectivity index (χ0n) is 26.5. The molecule has 0 radical (unpaired) electrons. The minimum Gasteiger partial charge on any atom is -0.460 e. The number of fused-ring (bicyclic) bond motifs is 7. The van der Waals surface area contributed by atoms with E-state index in [0.29, 0.717) is 24.2 Å². The number of nitrogens with zero attached hydrogens (tertiary/aromatic N) is 1. The van der Waals surface area contributed by atoms with Gasteiger partial charge in [-0.05, 0) is 110 Å². The van der Waals surface area contributed by atoms with Crippen LogP contribution in [0.3, 0.4) is 0 Å². The van der Waals surface area contributed by atoms with Gasteiger partial charge in [0.05, 0.1) is 11.1 Å². The fourth-order valence-electron chi connectivity index (χ4n) is 10.6. The third-order valence-electron chi connectivity index (χ3n) is 13.0. The second-order valence-electron chi connectivity index (χ2n) is 15.1. The average molecular weight is 578 g/mol. The molecule has 0 bridgehead atoms. The number of allylic oxidation sites excluding steroid dienone is 2. The highest BCUT2D eigenvalue weighted by Gasteiger charge is 2.65. The number of carbonyl (C=O) groups excluding carboxylic acids is 2. The Morgan fingerprint density at radius 3 is 2.36 bits per heavy atom. The molecule has 42 heavy (non-hydrogen) atoms. The molecule has 0 saturated heterocycles. The van der Waals surface area contributed by atoms with Crippen LogP contribution in [-0.4, -0.2) is 34.9 Å². The Balaban J connectivity index is 0.00000173. The first kappa shape index (κ1) is 31.0. The number of ether oxygens (including phenoxy) is 1. The maximum atomic E-state index is 14.3. The Hall–Kier alpha value is -2.47. The molecule has 230 valence electrons. The lowest BCUT2D eigenvalue weighted by atomic mass is 9.38.